The Morgan fingerprint density at radius 2 is 1.77 bits per heavy atom. The van der Waals surface area contributed by atoms with Gasteiger partial charge in [-0.05, 0) is 43.7 Å². The Kier molecular flexibility index (Phi) is 4.03. The third-order valence-electron chi connectivity index (χ3n) is 3.82. The number of aromatic nitrogens is 1. The van der Waals surface area contributed by atoms with E-state index in [1.54, 1.807) is 23.7 Å². The normalized spacial score (nSPS) is 13.5. The van der Waals surface area contributed by atoms with Gasteiger partial charge in [-0.3, -0.25) is 4.79 Å². The minimum Gasteiger partial charge on any atom is -0.479 e. The molecule has 0 aliphatic heterocycles. The molecule has 0 saturated heterocycles. The summed E-state index contributed by atoms with van der Waals surface area (Å²) in [5.41, 5.74) is -0.125. The zero-order valence-corrected chi connectivity index (χ0v) is 12.6. The van der Waals surface area contributed by atoms with E-state index < -0.39 is 23.2 Å². The second-order valence-electron chi connectivity index (χ2n) is 5.31. The Labute approximate surface area is 127 Å². The monoisotopic (exact) mass is 304 g/mol. The van der Waals surface area contributed by atoms with Crippen molar-refractivity contribution < 1.29 is 19.1 Å². The van der Waals surface area contributed by atoms with Gasteiger partial charge in [0.1, 0.15) is 11.5 Å². The van der Waals surface area contributed by atoms with Gasteiger partial charge in [-0.25, -0.2) is 9.18 Å². The average Bonchev–Trinajstić information content (AvgIpc) is 2.79. The first-order valence-corrected chi connectivity index (χ1v) is 6.70. The predicted octanol–water partition coefficient (Wildman–Crippen LogP) is 2.20. The molecule has 0 bridgehead atoms. The van der Waals surface area contributed by atoms with E-state index >= 15 is 0 Å². The largest absolute Gasteiger partial charge is 0.479 e. The molecule has 0 saturated carbocycles. The summed E-state index contributed by atoms with van der Waals surface area (Å²) in [5, 5.41) is 12.0. The van der Waals surface area contributed by atoms with E-state index in [0.29, 0.717) is 11.3 Å². The molecule has 0 spiro atoms. The maximum atomic E-state index is 13.0. The van der Waals surface area contributed by atoms with E-state index in [1.165, 1.54) is 19.1 Å². The Morgan fingerprint density at radius 3 is 2.23 bits per heavy atom. The molecular weight excluding hydrogens is 287 g/mol. The van der Waals surface area contributed by atoms with Crippen molar-refractivity contribution in [3.05, 3.63) is 59.2 Å². The van der Waals surface area contributed by atoms with Crippen LogP contribution in [0.4, 0.5) is 4.39 Å². The molecule has 1 aromatic heterocycles. The van der Waals surface area contributed by atoms with E-state index in [4.69, 9.17) is 0 Å². The van der Waals surface area contributed by atoms with Crippen molar-refractivity contribution in [1.82, 2.24) is 9.88 Å². The van der Waals surface area contributed by atoms with Crippen molar-refractivity contribution >= 4 is 11.9 Å². The van der Waals surface area contributed by atoms with Gasteiger partial charge in [0.25, 0.3) is 5.91 Å². The highest BCUT2D eigenvalue weighted by Gasteiger charge is 2.37. The molecule has 2 N–H and O–H groups in total. The standard InChI is InChI=1S/C16H17FN2O3/c1-10-4-9-13(19(10)3)14(20)18-16(2,15(21)22)11-5-7-12(17)8-6-11/h4-9H,1-3H3,(H,18,20)(H,21,22). The number of carbonyl (C=O) groups is 2. The number of rotatable bonds is 4. The van der Waals surface area contributed by atoms with Crippen molar-refractivity contribution in [2.45, 2.75) is 19.4 Å². The topological polar surface area (TPSA) is 71.3 Å². The number of halogens is 1. The number of nitrogens with zero attached hydrogens (tertiary/aromatic N) is 1. The van der Waals surface area contributed by atoms with Gasteiger partial charge >= 0.3 is 5.97 Å². The second-order valence-corrected chi connectivity index (χ2v) is 5.31. The molecule has 1 unspecified atom stereocenters. The minimum atomic E-state index is -1.65. The summed E-state index contributed by atoms with van der Waals surface area (Å²) in [4.78, 5) is 24.0. The molecule has 6 heteroatoms. The summed E-state index contributed by atoms with van der Waals surface area (Å²) < 4.78 is 14.7. The van der Waals surface area contributed by atoms with Crippen molar-refractivity contribution in [3.8, 4) is 0 Å². The number of hydrogen-bond donors (Lipinski definition) is 2. The molecule has 0 aliphatic rings. The van der Waals surface area contributed by atoms with Crippen LogP contribution in [-0.4, -0.2) is 21.6 Å². The molecule has 1 aromatic carbocycles. The molecule has 116 valence electrons. The zero-order chi connectivity index (χ0) is 16.5. The molecule has 1 heterocycles. The van der Waals surface area contributed by atoms with Gasteiger partial charge in [0, 0.05) is 12.7 Å². The van der Waals surface area contributed by atoms with Gasteiger partial charge < -0.3 is 15.0 Å². The van der Waals surface area contributed by atoms with E-state index in [1.807, 2.05) is 6.92 Å². The second kappa shape index (κ2) is 5.63. The summed E-state index contributed by atoms with van der Waals surface area (Å²) in [5.74, 6) is -2.20. The lowest BCUT2D eigenvalue weighted by Gasteiger charge is -2.27. The van der Waals surface area contributed by atoms with Crippen LogP contribution in [-0.2, 0) is 17.4 Å². The zero-order valence-electron chi connectivity index (χ0n) is 12.6. The quantitative estimate of drug-likeness (QED) is 0.909. The van der Waals surface area contributed by atoms with Crippen LogP contribution in [0.1, 0.15) is 28.7 Å². The van der Waals surface area contributed by atoms with Crippen LogP contribution in [0.2, 0.25) is 0 Å². The van der Waals surface area contributed by atoms with Crippen molar-refractivity contribution in [1.29, 1.82) is 0 Å². The van der Waals surface area contributed by atoms with Crippen molar-refractivity contribution in [2.24, 2.45) is 7.05 Å². The highest BCUT2D eigenvalue weighted by Crippen LogP contribution is 2.22. The number of benzene rings is 1. The molecule has 0 fully saturated rings. The third-order valence-corrected chi connectivity index (χ3v) is 3.82. The van der Waals surface area contributed by atoms with Crippen LogP contribution < -0.4 is 5.32 Å². The first-order chi connectivity index (χ1) is 10.3. The van der Waals surface area contributed by atoms with Crippen molar-refractivity contribution in [3.63, 3.8) is 0 Å². The number of nitrogens with one attached hydrogen (secondary N) is 1. The van der Waals surface area contributed by atoms with Crippen LogP contribution in [0.15, 0.2) is 36.4 Å². The highest BCUT2D eigenvalue weighted by atomic mass is 19.1. The smallest absolute Gasteiger partial charge is 0.333 e. The molecule has 22 heavy (non-hydrogen) atoms. The maximum Gasteiger partial charge on any atom is 0.333 e. The lowest BCUT2D eigenvalue weighted by atomic mass is 9.92. The lowest BCUT2D eigenvalue weighted by Crippen LogP contribution is -2.50. The lowest BCUT2D eigenvalue weighted by molar-refractivity contribution is -0.144. The highest BCUT2D eigenvalue weighted by molar-refractivity contribution is 5.97. The molecule has 0 radical (unpaired) electrons. The van der Waals surface area contributed by atoms with Gasteiger partial charge in [0.15, 0.2) is 5.54 Å². The fraction of sp³-hybridized carbons (Fsp3) is 0.250. The number of carboxylic acid groups (broad SMARTS) is 1. The summed E-state index contributed by atoms with van der Waals surface area (Å²) in [6.07, 6.45) is 0. The van der Waals surface area contributed by atoms with E-state index in [2.05, 4.69) is 5.32 Å². The summed E-state index contributed by atoms with van der Waals surface area (Å²) in [7, 11) is 1.72. The van der Waals surface area contributed by atoms with Gasteiger partial charge in [-0.1, -0.05) is 12.1 Å². The van der Waals surface area contributed by atoms with Crippen LogP contribution in [0, 0.1) is 12.7 Å². The fourth-order valence-electron chi connectivity index (χ4n) is 2.16. The first kappa shape index (κ1) is 15.8. The molecule has 2 aromatic rings. The Hall–Kier alpha value is -2.63. The number of carbonyl (C=O) groups excluding carboxylic acids is 1. The number of aryl methyl sites for hydroxylation is 1. The predicted molar refractivity (Wildman–Crippen MR) is 79.0 cm³/mol. The van der Waals surface area contributed by atoms with Gasteiger partial charge in [-0.15, -0.1) is 0 Å². The van der Waals surface area contributed by atoms with Gasteiger partial charge in [0.05, 0.1) is 0 Å². The van der Waals surface area contributed by atoms with Gasteiger partial charge in [0.2, 0.25) is 0 Å². The Bertz CT molecular complexity index is 721. The van der Waals surface area contributed by atoms with E-state index in [-0.39, 0.29) is 0 Å². The number of amides is 1. The molecule has 5 nitrogen and oxygen atoms in total. The van der Waals surface area contributed by atoms with E-state index in [0.717, 1.165) is 17.8 Å². The first-order valence-electron chi connectivity index (χ1n) is 6.70. The van der Waals surface area contributed by atoms with Crippen LogP contribution in [0.3, 0.4) is 0 Å². The summed E-state index contributed by atoms with van der Waals surface area (Å²) in [6.45, 7) is 3.21. The van der Waals surface area contributed by atoms with Crippen LogP contribution in [0.25, 0.3) is 0 Å². The number of aliphatic carboxylic acids is 1. The third kappa shape index (κ3) is 2.72. The number of carboxylic acids is 1. The molecule has 2 rings (SSSR count). The van der Waals surface area contributed by atoms with Crippen LogP contribution >= 0.6 is 0 Å². The van der Waals surface area contributed by atoms with Crippen molar-refractivity contribution in [2.75, 3.05) is 0 Å². The Morgan fingerprint density at radius 1 is 1.18 bits per heavy atom. The number of hydrogen-bond acceptors (Lipinski definition) is 2. The van der Waals surface area contributed by atoms with E-state index in [9.17, 15) is 19.1 Å². The molecule has 0 aliphatic carbocycles. The van der Waals surface area contributed by atoms with Crippen LogP contribution in [0.5, 0.6) is 0 Å². The average molecular weight is 304 g/mol. The fourth-order valence-corrected chi connectivity index (χ4v) is 2.16. The summed E-state index contributed by atoms with van der Waals surface area (Å²) >= 11 is 0. The minimum absolute atomic E-state index is 0.292. The molecule has 1 atom stereocenters. The summed E-state index contributed by atoms with van der Waals surface area (Å²) in [6, 6.07) is 8.41. The van der Waals surface area contributed by atoms with Gasteiger partial charge in [-0.2, -0.15) is 0 Å². The SMILES string of the molecule is Cc1ccc(C(=O)NC(C)(C(=O)O)c2ccc(F)cc2)n1C. The molecular formula is C16H17FN2O3. The maximum absolute atomic E-state index is 13.0. The molecule has 1 amide bonds. The Balaban J connectivity index is 2.36.